The highest BCUT2D eigenvalue weighted by Gasteiger charge is 2.19. The molecule has 2 aromatic carbocycles. The standard InChI is InChI=1S/C21H18N4O2S/c1-3-12-25-20(27)17-6-4-5-7-18(17)24-21(25)28-14(2)19(26)23-16-10-8-15(13-22)9-11-16/h3-11,14H,1,12H2,2H3,(H,23,26)/t14-/m0/s1. The Labute approximate surface area is 166 Å². The lowest BCUT2D eigenvalue weighted by Crippen LogP contribution is -2.26. The van der Waals surface area contributed by atoms with Crippen LogP contribution in [0.15, 0.2) is 71.1 Å². The second kappa shape index (κ2) is 8.55. The number of hydrogen-bond donors (Lipinski definition) is 1. The van der Waals surface area contributed by atoms with E-state index in [9.17, 15) is 9.59 Å². The predicted molar refractivity (Wildman–Crippen MR) is 111 cm³/mol. The van der Waals surface area contributed by atoms with Crippen molar-refractivity contribution >= 4 is 34.3 Å². The lowest BCUT2D eigenvalue weighted by atomic mass is 10.2. The molecular weight excluding hydrogens is 372 g/mol. The number of carbonyl (C=O) groups excluding carboxylic acids is 1. The first-order chi connectivity index (χ1) is 13.5. The van der Waals surface area contributed by atoms with Crippen LogP contribution in [0, 0.1) is 11.3 Å². The van der Waals surface area contributed by atoms with Crippen molar-refractivity contribution in [3.8, 4) is 6.07 Å². The summed E-state index contributed by atoms with van der Waals surface area (Å²) in [7, 11) is 0. The first-order valence-electron chi connectivity index (χ1n) is 8.61. The van der Waals surface area contributed by atoms with Crippen molar-refractivity contribution in [3.63, 3.8) is 0 Å². The number of carbonyl (C=O) groups is 1. The number of thioether (sulfide) groups is 1. The second-order valence-corrected chi connectivity index (χ2v) is 7.36. The van der Waals surface area contributed by atoms with Crippen LogP contribution < -0.4 is 10.9 Å². The maximum absolute atomic E-state index is 12.8. The van der Waals surface area contributed by atoms with Crippen LogP contribution in [0.4, 0.5) is 5.69 Å². The van der Waals surface area contributed by atoms with Crippen LogP contribution in [0.25, 0.3) is 10.9 Å². The number of anilines is 1. The average molecular weight is 390 g/mol. The van der Waals surface area contributed by atoms with Gasteiger partial charge in [0, 0.05) is 12.2 Å². The number of benzene rings is 2. The molecule has 1 atom stereocenters. The number of aromatic nitrogens is 2. The van der Waals surface area contributed by atoms with Crippen LogP contribution in [0.5, 0.6) is 0 Å². The fourth-order valence-electron chi connectivity index (χ4n) is 2.61. The van der Waals surface area contributed by atoms with Crippen molar-refractivity contribution < 1.29 is 4.79 Å². The van der Waals surface area contributed by atoms with Gasteiger partial charge in [0.15, 0.2) is 5.16 Å². The molecule has 6 nitrogen and oxygen atoms in total. The number of amides is 1. The molecule has 1 N–H and O–H groups in total. The minimum atomic E-state index is -0.486. The molecule has 0 saturated carbocycles. The molecule has 0 radical (unpaired) electrons. The molecule has 0 aliphatic rings. The Balaban J connectivity index is 1.85. The van der Waals surface area contributed by atoms with Crippen LogP contribution in [0.2, 0.25) is 0 Å². The number of nitrogens with zero attached hydrogens (tertiary/aromatic N) is 3. The van der Waals surface area contributed by atoms with E-state index in [1.165, 1.54) is 16.3 Å². The maximum atomic E-state index is 12.8. The number of nitriles is 1. The van der Waals surface area contributed by atoms with Gasteiger partial charge in [-0.25, -0.2) is 4.98 Å². The number of rotatable bonds is 6. The van der Waals surface area contributed by atoms with Gasteiger partial charge in [0.1, 0.15) is 0 Å². The van der Waals surface area contributed by atoms with Crippen molar-refractivity contribution in [2.24, 2.45) is 0 Å². The zero-order valence-corrected chi connectivity index (χ0v) is 16.1. The smallest absolute Gasteiger partial charge is 0.262 e. The monoisotopic (exact) mass is 390 g/mol. The molecule has 0 spiro atoms. The van der Waals surface area contributed by atoms with E-state index < -0.39 is 5.25 Å². The quantitative estimate of drug-likeness (QED) is 0.395. The van der Waals surface area contributed by atoms with E-state index in [0.717, 1.165) is 0 Å². The number of hydrogen-bond acceptors (Lipinski definition) is 5. The maximum Gasteiger partial charge on any atom is 0.262 e. The molecular formula is C21H18N4O2S. The van der Waals surface area contributed by atoms with Gasteiger partial charge in [-0.05, 0) is 43.3 Å². The van der Waals surface area contributed by atoms with Gasteiger partial charge in [0.25, 0.3) is 5.56 Å². The molecule has 0 unspecified atom stereocenters. The minimum absolute atomic E-state index is 0.160. The molecule has 140 valence electrons. The van der Waals surface area contributed by atoms with Crippen molar-refractivity contribution in [2.75, 3.05) is 5.32 Å². The summed E-state index contributed by atoms with van der Waals surface area (Å²) in [6.45, 7) is 5.77. The zero-order chi connectivity index (χ0) is 20.1. The molecule has 1 amide bonds. The average Bonchev–Trinajstić information content (AvgIpc) is 2.71. The van der Waals surface area contributed by atoms with Crippen LogP contribution in [-0.2, 0) is 11.3 Å². The van der Waals surface area contributed by atoms with E-state index in [1.807, 2.05) is 12.1 Å². The van der Waals surface area contributed by atoms with E-state index in [4.69, 9.17) is 5.26 Å². The lowest BCUT2D eigenvalue weighted by molar-refractivity contribution is -0.115. The van der Waals surface area contributed by atoms with Crippen molar-refractivity contribution in [1.29, 1.82) is 5.26 Å². The minimum Gasteiger partial charge on any atom is -0.325 e. The van der Waals surface area contributed by atoms with Crippen LogP contribution in [-0.4, -0.2) is 20.7 Å². The van der Waals surface area contributed by atoms with Gasteiger partial charge in [-0.3, -0.25) is 14.2 Å². The molecule has 3 rings (SSSR count). The van der Waals surface area contributed by atoms with Gasteiger partial charge >= 0.3 is 0 Å². The Morgan fingerprint density at radius 2 is 2.04 bits per heavy atom. The second-order valence-electron chi connectivity index (χ2n) is 6.05. The normalized spacial score (nSPS) is 11.6. The molecule has 0 aliphatic heterocycles. The third kappa shape index (κ3) is 4.13. The third-order valence-electron chi connectivity index (χ3n) is 4.07. The molecule has 1 heterocycles. The van der Waals surface area contributed by atoms with Gasteiger partial charge in [0.05, 0.1) is 27.8 Å². The summed E-state index contributed by atoms with van der Waals surface area (Å²) in [5.41, 5.74) is 1.56. The summed E-state index contributed by atoms with van der Waals surface area (Å²) in [5, 5.41) is 12.2. The predicted octanol–water partition coefficient (Wildman–Crippen LogP) is 3.57. The van der Waals surface area contributed by atoms with Crippen molar-refractivity contribution in [1.82, 2.24) is 9.55 Å². The number of para-hydroxylation sites is 1. The Morgan fingerprint density at radius 1 is 1.32 bits per heavy atom. The van der Waals surface area contributed by atoms with Gasteiger partial charge in [-0.15, -0.1) is 6.58 Å². The summed E-state index contributed by atoms with van der Waals surface area (Å²) in [6, 6.07) is 15.8. The molecule has 0 saturated heterocycles. The topological polar surface area (TPSA) is 87.8 Å². The fourth-order valence-corrected chi connectivity index (χ4v) is 3.53. The summed E-state index contributed by atoms with van der Waals surface area (Å²) in [4.78, 5) is 29.9. The summed E-state index contributed by atoms with van der Waals surface area (Å²) in [5.74, 6) is -0.220. The highest BCUT2D eigenvalue weighted by Crippen LogP contribution is 2.23. The Hall–Kier alpha value is -3.37. The van der Waals surface area contributed by atoms with Crippen LogP contribution >= 0.6 is 11.8 Å². The summed E-state index contributed by atoms with van der Waals surface area (Å²) in [6.07, 6.45) is 1.63. The van der Waals surface area contributed by atoms with E-state index in [1.54, 1.807) is 55.5 Å². The molecule has 3 aromatic rings. The van der Waals surface area contributed by atoms with Gasteiger partial charge in [-0.1, -0.05) is 30.0 Å². The van der Waals surface area contributed by atoms with Gasteiger partial charge in [0.2, 0.25) is 5.91 Å². The Morgan fingerprint density at radius 3 is 2.71 bits per heavy atom. The van der Waals surface area contributed by atoms with Crippen LogP contribution in [0.1, 0.15) is 12.5 Å². The van der Waals surface area contributed by atoms with E-state index in [0.29, 0.717) is 33.9 Å². The fraction of sp³-hybridized carbons (Fsp3) is 0.143. The number of fused-ring (bicyclic) bond motifs is 1. The van der Waals surface area contributed by atoms with E-state index in [2.05, 4.69) is 16.9 Å². The number of nitrogens with one attached hydrogen (secondary N) is 1. The Kier molecular flexibility index (Phi) is 5.92. The lowest BCUT2D eigenvalue weighted by Gasteiger charge is -2.15. The van der Waals surface area contributed by atoms with Crippen molar-refractivity contribution in [2.45, 2.75) is 23.9 Å². The van der Waals surface area contributed by atoms with Gasteiger partial charge < -0.3 is 5.32 Å². The first kappa shape index (κ1) is 19.4. The van der Waals surface area contributed by atoms with Crippen LogP contribution in [0.3, 0.4) is 0 Å². The van der Waals surface area contributed by atoms with Crippen molar-refractivity contribution in [3.05, 3.63) is 77.1 Å². The highest BCUT2D eigenvalue weighted by atomic mass is 32.2. The summed E-state index contributed by atoms with van der Waals surface area (Å²) >= 11 is 1.21. The molecule has 28 heavy (non-hydrogen) atoms. The molecule has 0 bridgehead atoms. The molecule has 1 aromatic heterocycles. The largest absolute Gasteiger partial charge is 0.325 e. The zero-order valence-electron chi connectivity index (χ0n) is 15.3. The summed E-state index contributed by atoms with van der Waals surface area (Å²) < 4.78 is 1.52. The Bertz CT molecular complexity index is 1130. The van der Waals surface area contributed by atoms with E-state index in [-0.39, 0.29) is 11.5 Å². The van der Waals surface area contributed by atoms with Gasteiger partial charge in [-0.2, -0.15) is 5.26 Å². The highest BCUT2D eigenvalue weighted by molar-refractivity contribution is 8.00. The molecule has 0 aliphatic carbocycles. The molecule has 0 fully saturated rings. The SMILES string of the molecule is C=CCn1c(S[C@@H](C)C(=O)Nc2ccc(C#N)cc2)nc2ccccc2c1=O. The number of allylic oxidation sites excluding steroid dienone is 1. The van der Waals surface area contributed by atoms with E-state index >= 15 is 0 Å². The molecule has 7 heteroatoms. The third-order valence-corrected chi connectivity index (χ3v) is 5.16. The first-order valence-corrected chi connectivity index (χ1v) is 9.49.